The number of pyridine rings is 1. The van der Waals surface area contributed by atoms with Crippen LogP contribution in [0.3, 0.4) is 0 Å². The molecule has 0 spiro atoms. The second-order valence-corrected chi connectivity index (χ2v) is 23.6. The van der Waals surface area contributed by atoms with Crippen LogP contribution in [0, 0.1) is 24.2 Å². The minimum absolute atomic E-state index is 0. The third-order valence-electron chi connectivity index (χ3n) is 14.2. The number of hydrogen-bond donors (Lipinski definition) is 0. The number of allylic oxidation sites excluding steroid dienone is 1. The molecule has 0 N–H and O–H groups in total. The summed E-state index contributed by atoms with van der Waals surface area (Å²) in [5.74, 6) is 2.70. The van der Waals surface area contributed by atoms with E-state index < -0.39 is 0 Å². The van der Waals surface area contributed by atoms with Gasteiger partial charge < -0.3 is 19.1 Å². The van der Waals surface area contributed by atoms with Crippen LogP contribution in [0.15, 0.2) is 145 Å². The quantitative estimate of drug-likeness (QED) is 0.128. The number of ether oxygens (including phenoxy) is 1. The van der Waals surface area contributed by atoms with Gasteiger partial charge >= 0.3 is 0 Å². The van der Waals surface area contributed by atoms with Crippen molar-refractivity contribution in [3.8, 4) is 28.4 Å². The molecule has 370 valence electrons. The van der Waals surface area contributed by atoms with Gasteiger partial charge in [-0.15, -0.1) is 53.6 Å². The van der Waals surface area contributed by atoms with Crippen LogP contribution in [0.4, 0.5) is 11.4 Å². The van der Waals surface area contributed by atoms with Gasteiger partial charge in [-0.25, -0.2) is 4.98 Å². The SMILES string of the molecule is CC(C)c1cccc(C(C)C)c1-c1cc(Oc2[c-]c3c(cc2)c2cc(C(C)(C)C)ccc2n3-c2cc(C(C)(C)C)ccn2)[c-]c(N2C=C(C(C)(C)C)N(c3cccc(C(C)(C)c4ccccc4)c3)[CH-]2)c1.[Pt]. The van der Waals surface area contributed by atoms with Crippen LogP contribution in [-0.2, 0) is 37.3 Å². The van der Waals surface area contributed by atoms with Crippen LogP contribution in [-0.4, -0.2) is 9.55 Å². The van der Waals surface area contributed by atoms with Gasteiger partial charge in [0.2, 0.25) is 0 Å². The maximum absolute atomic E-state index is 7.07. The largest absolute Gasteiger partial charge is 0.509 e. The fraction of sp³-hybridized carbons (Fsp3) is 0.323. The van der Waals surface area contributed by atoms with Crippen molar-refractivity contribution < 1.29 is 25.8 Å². The van der Waals surface area contributed by atoms with Crippen LogP contribution < -0.4 is 14.5 Å². The Balaban J connectivity index is 0.00000676. The zero-order chi connectivity index (χ0) is 50.1. The summed E-state index contributed by atoms with van der Waals surface area (Å²) < 4.78 is 9.32. The first-order chi connectivity index (χ1) is 33.0. The standard InChI is InChI=1S/C65H71N4O.Pt/c1-42(2)53-25-20-26-54(43(3)4)61(53)44-33-50(67-40-59(64(11,12)13)68(41-67)49-24-19-23-48(35-49)65(14,15)45-21-17-16-18-22-45)38-52(34-44)70-51-28-29-55-56-36-46(62(5,6)7)27-30-57(56)69(58(55)39-51)60-37-47(31-32-66-60)63(8,9)10;/h16-37,40-43H,1-15H3;/q-3;. The number of rotatable bonds is 10. The van der Waals surface area contributed by atoms with Crippen molar-refractivity contribution in [2.45, 2.75) is 132 Å². The van der Waals surface area contributed by atoms with Gasteiger partial charge in [0.25, 0.3) is 0 Å². The summed E-state index contributed by atoms with van der Waals surface area (Å²) in [5, 5.41) is 2.27. The Morgan fingerprint density at radius 1 is 0.563 bits per heavy atom. The van der Waals surface area contributed by atoms with E-state index in [1.807, 2.05) is 6.20 Å². The monoisotopic (exact) mass is 1120 g/mol. The smallest absolute Gasteiger partial charge is 0.135 e. The summed E-state index contributed by atoms with van der Waals surface area (Å²) in [5.41, 5.74) is 14.7. The van der Waals surface area contributed by atoms with E-state index in [-0.39, 0.29) is 42.7 Å². The van der Waals surface area contributed by atoms with Gasteiger partial charge in [-0.05, 0) is 104 Å². The summed E-state index contributed by atoms with van der Waals surface area (Å²) in [7, 11) is 0. The Kier molecular flexibility index (Phi) is 14.0. The summed E-state index contributed by atoms with van der Waals surface area (Å²) in [6, 6.07) is 54.0. The van der Waals surface area contributed by atoms with Gasteiger partial charge in [0.15, 0.2) is 0 Å². The van der Waals surface area contributed by atoms with Crippen molar-refractivity contribution in [2.24, 2.45) is 5.41 Å². The van der Waals surface area contributed by atoms with Crippen molar-refractivity contribution in [2.75, 3.05) is 9.80 Å². The Labute approximate surface area is 439 Å². The van der Waals surface area contributed by atoms with Crippen molar-refractivity contribution in [3.63, 3.8) is 0 Å². The molecule has 6 aromatic carbocycles. The Hall–Kier alpha value is -5.90. The first-order valence-electron chi connectivity index (χ1n) is 25.2. The molecule has 0 saturated carbocycles. The van der Waals surface area contributed by atoms with Gasteiger partial charge in [-0.3, -0.25) is 0 Å². The number of fused-ring (bicyclic) bond motifs is 3. The average molecular weight is 1120 g/mol. The Morgan fingerprint density at radius 3 is 1.86 bits per heavy atom. The maximum atomic E-state index is 7.07. The van der Waals surface area contributed by atoms with Gasteiger partial charge in [-0.2, -0.15) is 6.07 Å². The van der Waals surface area contributed by atoms with Crippen LogP contribution in [0.25, 0.3) is 38.8 Å². The molecule has 1 aliphatic rings. The van der Waals surface area contributed by atoms with E-state index in [0.29, 0.717) is 23.3 Å². The van der Waals surface area contributed by atoms with E-state index >= 15 is 0 Å². The Morgan fingerprint density at radius 2 is 1.21 bits per heavy atom. The van der Waals surface area contributed by atoms with E-state index in [9.17, 15) is 0 Å². The molecule has 0 amide bonds. The minimum Gasteiger partial charge on any atom is -0.509 e. The molecule has 5 nitrogen and oxygen atoms in total. The molecule has 8 aromatic rings. The fourth-order valence-corrected chi connectivity index (χ4v) is 9.94. The summed E-state index contributed by atoms with van der Waals surface area (Å²) in [6.07, 6.45) is 4.20. The molecule has 2 aromatic heterocycles. The van der Waals surface area contributed by atoms with Crippen molar-refractivity contribution >= 4 is 33.2 Å². The van der Waals surface area contributed by atoms with E-state index in [4.69, 9.17) is 9.72 Å². The molecular weight excluding hydrogens is 1050 g/mol. The third-order valence-corrected chi connectivity index (χ3v) is 14.2. The molecule has 0 unspecified atom stereocenters. The molecule has 1 aliphatic heterocycles. The number of aromatic nitrogens is 2. The molecule has 71 heavy (non-hydrogen) atoms. The molecule has 6 heteroatoms. The summed E-state index contributed by atoms with van der Waals surface area (Å²) in [6.45, 7) is 36.4. The molecule has 0 aliphatic carbocycles. The zero-order valence-corrected chi connectivity index (χ0v) is 46.8. The molecule has 3 heterocycles. The van der Waals surface area contributed by atoms with Crippen LogP contribution in [0.5, 0.6) is 11.5 Å². The van der Waals surface area contributed by atoms with Crippen LogP contribution in [0.2, 0.25) is 0 Å². The van der Waals surface area contributed by atoms with E-state index in [1.54, 1.807) is 0 Å². The van der Waals surface area contributed by atoms with E-state index in [0.717, 1.165) is 39.2 Å². The molecule has 0 saturated heterocycles. The van der Waals surface area contributed by atoms with Crippen LogP contribution in [0.1, 0.15) is 149 Å². The second-order valence-electron chi connectivity index (χ2n) is 23.6. The fourth-order valence-electron chi connectivity index (χ4n) is 9.94. The van der Waals surface area contributed by atoms with E-state index in [1.165, 1.54) is 50.0 Å². The first kappa shape index (κ1) is 51.5. The predicted octanol–water partition coefficient (Wildman–Crippen LogP) is 17.7. The predicted molar refractivity (Wildman–Crippen MR) is 296 cm³/mol. The topological polar surface area (TPSA) is 33.5 Å². The Bertz CT molecular complexity index is 3240. The molecule has 0 fully saturated rings. The number of nitrogens with zero attached hydrogens (tertiary/aromatic N) is 4. The number of hydrogen-bond acceptors (Lipinski definition) is 4. The first-order valence-corrected chi connectivity index (χ1v) is 25.2. The summed E-state index contributed by atoms with van der Waals surface area (Å²) in [4.78, 5) is 9.56. The van der Waals surface area contributed by atoms with Gasteiger partial charge in [0.1, 0.15) is 5.82 Å². The molecule has 9 rings (SSSR count). The van der Waals surface area contributed by atoms with Crippen molar-refractivity contribution in [3.05, 3.63) is 198 Å². The zero-order valence-electron chi connectivity index (χ0n) is 44.5. The molecule has 0 atom stereocenters. The van der Waals surface area contributed by atoms with Gasteiger partial charge in [0.05, 0.1) is 0 Å². The average Bonchev–Trinajstić information content (AvgIpc) is 3.92. The van der Waals surface area contributed by atoms with Crippen molar-refractivity contribution in [1.82, 2.24) is 9.55 Å². The summed E-state index contributed by atoms with van der Waals surface area (Å²) >= 11 is 0. The normalized spacial score (nSPS) is 13.7. The van der Waals surface area contributed by atoms with Gasteiger partial charge in [0, 0.05) is 66.5 Å². The van der Waals surface area contributed by atoms with Crippen molar-refractivity contribution in [1.29, 1.82) is 0 Å². The second kappa shape index (κ2) is 19.3. The van der Waals surface area contributed by atoms with Crippen LogP contribution >= 0.6 is 0 Å². The maximum Gasteiger partial charge on any atom is 0.135 e. The molecule has 0 radical (unpaired) electrons. The third kappa shape index (κ3) is 10.1. The van der Waals surface area contributed by atoms with Gasteiger partial charge in [-0.1, -0.05) is 182 Å². The molecule has 0 bridgehead atoms. The minimum atomic E-state index is -0.189. The molecular formula is C65H71N4OPt-3. The van der Waals surface area contributed by atoms with E-state index in [2.05, 4.69) is 271 Å². The number of benzene rings is 6. The number of anilines is 2.